The summed E-state index contributed by atoms with van der Waals surface area (Å²) in [5.41, 5.74) is 2.69. The molecule has 0 saturated heterocycles. The fraction of sp³-hybridized carbons (Fsp3) is 0.320. The Balaban J connectivity index is 2.10. The lowest BCUT2D eigenvalue weighted by molar-refractivity contribution is -0.118. The largest absolute Gasteiger partial charge is 0.503 e. The summed E-state index contributed by atoms with van der Waals surface area (Å²) in [6.07, 6.45) is 0.165. The van der Waals surface area contributed by atoms with E-state index >= 15 is 0 Å². The van der Waals surface area contributed by atoms with Gasteiger partial charge in [-0.25, -0.2) is 4.79 Å². The number of nitrogens with zero attached hydrogens (tertiary/aromatic N) is 1. The average Bonchev–Trinajstić information content (AvgIpc) is 3.03. The van der Waals surface area contributed by atoms with Crippen LogP contribution in [0.3, 0.4) is 0 Å². The standard InChI is InChI=1S/C25H27NO5/c1-6-19(27)20-21(15-7-11-17(12-8-15)25(2,3)4)26(23(29)22(20)28)18-13-9-16(10-14-18)24(30)31-5/h7-14,21,28H,6H2,1-5H3. The van der Waals surface area contributed by atoms with Crippen LogP contribution in [-0.4, -0.2) is 29.9 Å². The topological polar surface area (TPSA) is 83.9 Å². The van der Waals surface area contributed by atoms with Crippen molar-refractivity contribution in [2.45, 2.75) is 45.6 Å². The zero-order valence-electron chi connectivity index (χ0n) is 18.4. The maximum atomic E-state index is 13.0. The number of ketones is 1. The molecular weight excluding hydrogens is 394 g/mol. The highest BCUT2D eigenvalue weighted by Gasteiger charge is 2.43. The van der Waals surface area contributed by atoms with E-state index < -0.39 is 23.7 Å². The number of amides is 1. The quantitative estimate of drug-likeness (QED) is 0.711. The monoisotopic (exact) mass is 421 g/mol. The van der Waals surface area contributed by atoms with Gasteiger partial charge in [0, 0.05) is 12.1 Å². The summed E-state index contributed by atoms with van der Waals surface area (Å²) in [6, 6.07) is 13.3. The summed E-state index contributed by atoms with van der Waals surface area (Å²) in [4.78, 5) is 38.8. The predicted octanol–water partition coefficient (Wildman–Crippen LogP) is 4.65. The van der Waals surface area contributed by atoms with Crippen molar-refractivity contribution in [3.8, 4) is 0 Å². The predicted molar refractivity (Wildman–Crippen MR) is 118 cm³/mol. The lowest BCUT2D eigenvalue weighted by Gasteiger charge is -2.28. The second kappa shape index (κ2) is 8.38. The maximum Gasteiger partial charge on any atom is 0.337 e. The third-order valence-corrected chi connectivity index (χ3v) is 5.49. The van der Waals surface area contributed by atoms with Crippen LogP contribution in [0.2, 0.25) is 0 Å². The van der Waals surface area contributed by atoms with Crippen molar-refractivity contribution in [2.24, 2.45) is 0 Å². The first-order valence-electron chi connectivity index (χ1n) is 10.2. The normalized spacial score (nSPS) is 16.6. The van der Waals surface area contributed by atoms with E-state index in [1.54, 1.807) is 31.2 Å². The van der Waals surface area contributed by atoms with Crippen molar-refractivity contribution >= 4 is 23.3 Å². The Hall–Kier alpha value is -3.41. The van der Waals surface area contributed by atoms with Gasteiger partial charge in [0.2, 0.25) is 0 Å². The van der Waals surface area contributed by atoms with Gasteiger partial charge in [-0.1, -0.05) is 52.0 Å². The van der Waals surface area contributed by atoms with Crippen LogP contribution in [0.4, 0.5) is 5.69 Å². The molecular formula is C25H27NO5. The summed E-state index contributed by atoms with van der Waals surface area (Å²) in [7, 11) is 1.29. The van der Waals surface area contributed by atoms with Gasteiger partial charge in [0.1, 0.15) is 0 Å². The van der Waals surface area contributed by atoms with Crippen LogP contribution in [0.15, 0.2) is 59.9 Å². The molecule has 1 N–H and O–H groups in total. The number of carbonyl (C=O) groups is 3. The molecule has 31 heavy (non-hydrogen) atoms. The van der Waals surface area contributed by atoms with Crippen molar-refractivity contribution in [2.75, 3.05) is 12.0 Å². The second-order valence-corrected chi connectivity index (χ2v) is 8.53. The highest BCUT2D eigenvalue weighted by molar-refractivity contribution is 6.16. The van der Waals surface area contributed by atoms with E-state index in [9.17, 15) is 19.5 Å². The summed E-state index contributed by atoms with van der Waals surface area (Å²) in [6.45, 7) is 8.01. The first-order valence-corrected chi connectivity index (χ1v) is 10.2. The first kappa shape index (κ1) is 22.3. The molecule has 0 saturated carbocycles. The minimum Gasteiger partial charge on any atom is -0.503 e. The number of anilines is 1. The van der Waals surface area contributed by atoms with Gasteiger partial charge in [-0.2, -0.15) is 0 Å². The molecule has 0 aliphatic carbocycles. The fourth-order valence-electron chi connectivity index (χ4n) is 3.70. The zero-order chi connectivity index (χ0) is 22.9. The number of Topliss-reactive ketones (excluding diaryl/α,β-unsaturated/α-hetero) is 1. The average molecular weight is 421 g/mol. The molecule has 2 aromatic rings. The van der Waals surface area contributed by atoms with Crippen molar-refractivity contribution in [3.05, 3.63) is 76.6 Å². The highest BCUT2D eigenvalue weighted by atomic mass is 16.5. The smallest absolute Gasteiger partial charge is 0.337 e. The van der Waals surface area contributed by atoms with Crippen LogP contribution in [0, 0.1) is 0 Å². The first-order chi connectivity index (χ1) is 14.6. The van der Waals surface area contributed by atoms with Crippen molar-refractivity contribution in [1.29, 1.82) is 0 Å². The molecule has 0 bridgehead atoms. The number of hydrogen-bond donors (Lipinski definition) is 1. The van der Waals surface area contributed by atoms with Gasteiger partial charge in [0.15, 0.2) is 11.5 Å². The van der Waals surface area contributed by atoms with E-state index in [-0.39, 0.29) is 23.2 Å². The number of benzene rings is 2. The van der Waals surface area contributed by atoms with Crippen LogP contribution in [0.5, 0.6) is 0 Å². The second-order valence-electron chi connectivity index (χ2n) is 8.53. The zero-order valence-corrected chi connectivity index (χ0v) is 18.4. The number of ether oxygens (including phenoxy) is 1. The van der Waals surface area contributed by atoms with Gasteiger partial charge in [-0.15, -0.1) is 0 Å². The number of hydrogen-bond acceptors (Lipinski definition) is 5. The van der Waals surface area contributed by atoms with Gasteiger partial charge in [-0.3, -0.25) is 14.5 Å². The van der Waals surface area contributed by atoms with Crippen molar-refractivity contribution in [3.63, 3.8) is 0 Å². The summed E-state index contributed by atoms with van der Waals surface area (Å²) < 4.78 is 4.72. The number of esters is 1. The van der Waals surface area contributed by atoms with Crippen LogP contribution in [0.1, 0.15) is 61.6 Å². The molecule has 1 aliphatic rings. The van der Waals surface area contributed by atoms with Gasteiger partial charge in [-0.05, 0) is 40.8 Å². The van der Waals surface area contributed by atoms with Crippen LogP contribution in [-0.2, 0) is 19.7 Å². The number of rotatable bonds is 5. The number of methoxy groups -OCH3 is 1. The molecule has 0 fully saturated rings. The highest BCUT2D eigenvalue weighted by Crippen LogP contribution is 2.41. The molecule has 0 spiro atoms. The third kappa shape index (κ3) is 4.10. The minimum atomic E-state index is -0.752. The lowest BCUT2D eigenvalue weighted by Crippen LogP contribution is -2.31. The van der Waals surface area contributed by atoms with E-state index in [1.165, 1.54) is 12.0 Å². The molecule has 1 heterocycles. The third-order valence-electron chi connectivity index (χ3n) is 5.49. The molecule has 1 amide bonds. The molecule has 1 unspecified atom stereocenters. The maximum absolute atomic E-state index is 13.0. The molecule has 2 aromatic carbocycles. The van der Waals surface area contributed by atoms with Crippen molar-refractivity contribution in [1.82, 2.24) is 0 Å². The summed E-state index contributed by atoms with van der Waals surface area (Å²) >= 11 is 0. The lowest BCUT2D eigenvalue weighted by atomic mass is 9.85. The van der Waals surface area contributed by atoms with Gasteiger partial charge >= 0.3 is 5.97 Å². The van der Waals surface area contributed by atoms with E-state index in [0.29, 0.717) is 11.3 Å². The Labute approximate surface area is 182 Å². The number of aliphatic hydroxyl groups excluding tert-OH is 1. The molecule has 162 valence electrons. The summed E-state index contributed by atoms with van der Waals surface area (Å²) in [5.74, 6) is -1.96. The molecule has 1 aliphatic heterocycles. The van der Waals surface area contributed by atoms with Crippen molar-refractivity contribution < 1.29 is 24.2 Å². The number of aliphatic hydroxyl groups is 1. The Morgan fingerprint density at radius 3 is 2.10 bits per heavy atom. The van der Waals surface area contributed by atoms with Crippen LogP contribution >= 0.6 is 0 Å². The molecule has 6 heteroatoms. The van der Waals surface area contributed by atoms with Crippen LogP contribution in [0.25, 0.3) is 0 Å². The van der Waals surface area contributed by atoms with E-state index in [4.69, 9.17) is 4.74 Å². The minimum absolute atomic E-state index is 0.0481. The molecule has 0 radical (unpaired) electrons. The number of carbonyl (C=O) groups excluding carboxylic acids is 3. The molecule has 3 rings (SSSR count). The van der Waals surface area contributed by atoms with Gasteiger partial charge in [0.05, 0.1) is 24.3 Å². The fourth-order valence-corrected chi connectivity index (χ4v) is 3.70. The van der Waals surface area contributed by atoms with Gasteiger partial charge in [0.25, 0.3) is 5.91 Å². The Kier molecular flexibility index (Phi) is 6.02. The van der Waals surface area contributed by atoms with E-state index in [1.807, 2.05) is 24.3 Å². The molecule has 0 aromatic heterocycles. The van der Waals surface area contributed by atoms with Gasteiger partial charge < -0.3 is 9.84 Å². The molecule has 1 atom stereocenters. The Morgan fingerprint density at radius 2 is 1.61 bits per heavy atom. The van der Waals surface area contributed by atoms with Crippen LogP contribution < -0.4 is 4.90 Å². The summed E-state index contributed by atoms with van der Waals surface area (Å²) in [5, 5.41) is 10.6. The SMILES string of the molecule is CCC(=O)C1=C(O)C(=O)N(c2ccc(C(=O)OC)cc2)C1c1ccc(C(C)(C)C)cc1. The van der Waals surface area contributed by atoms with E-state index in [2.05, 4.69) is 20.8 Å². The Bertz CT molecular complexity index is 1040. The Morgan fingerprint density at radius 1 is 1.03 bits per heavy atom. The van der Waals surface area contributed by atoms with E-state index in [0.717, 1.165) is 11.1 Å². The molecule has 6 nitrogen and oxygen atoms in total.